The van der Waals surface area contributed by atoms with E-state index >= 15 is 0 Å². The normalized spacial score (nSPS) is 21.9. The smallest absolute Gasteiger partial charge is 0.289 e. The lowest BCUT2D eigenvalue weighted by molar-refractivity contribution is -0.133. The number of anilines is 2. The van der Waals surface area contributed by atoms with Gasteiger partial charge >= 0.3 is 0 Å². The standard InChI is InChI=1S/C20H24N6O4S/c27-16-6-2-8-26(16)20-22-21-19(31-20)25-7-1-4-14(25)17(28)23-9-11-24(12-10-23)18(29)15-5-3-13-30-15/h3,5,13-14H,1-2,4,6-12H2. The fourth-order valence-electron chi connectivity index (χ4n) is 4.43. The Morgan fingerprint density at radius 3 is 2.48 bits per heavy atom. The van der Waals surface area contributed by atoms with Gasteiger partial charge in [0, 0.05) is 45.7 Å². The van der Waals surface area contributed by atoms with E-state index in [1.807, 2.05) is 9.80 Å². The average Bonchev–Trinajstić information content (AvgIpc) is 3.59. The summed E-state index contributed by atoms with van der Waals surface area (Å²) in [7, 11) is 0. The van der Waals surface area contributed by atoms with Gasteiger partial charge in [-0.05, 0) is 31.4 Å². The number of carbonyl (C=O) groups excluding carboxylic acids is 3. The molecule has 1 atom stereocenters. The summed E-state index contributed by atoms with van der Waals surface area (Å²) < 4.78 is 5.20. The van der Waals surface area contributed by atoms with Crippen molar-refractivity contribution in [2.45, 2.75) is 31.7 Å². The van der Waals surface area contributed by atoms with Crippen molar-refractivity contribution in [1.82, 2.24) is 20.0 Å². The average molecular weight is 445 g/mol. The summed E-state index contributed by atoms with van der Waals surface area (Å²) in [6.07, 6.45) is 4.55. The Morgan fingerprint density at radius 2 is 1.77 bits per heavy atom. The molecule has 3 aliphatic rings. The van der Waals surface area contributed by atoms with Crippen LogP contribution in [0.5, 0.6) is 0 Å². The molecule has 11 heteroatoms. The van der Waals surface area contributed by atoms with Crippen LogP contribution in [0.4, 0.5) is 10.3 Å². The van der Waals surface area contributed by atoms with Gasteiger partial charge in [-0.1, -0.05) is 11.3 Å². The highest BCUT2D eigenvalue weighted by molar-refractivity contribution is 7.19. The maximum atomic E-state index is 13.3. The highest BCUT2D eigenvalue weighted by atomic mass is 32.1. The number of furan rings is 1. The van der Waals surface area contributed by atoms with E-state index in [0.717, 1.165) is 25.8 Å². The van der Waals surface area contributed by atoms with Crippen LogP contribution in [-0.4, -0.2) is 83.0 Å². The van der Waals surface area contributed by atoms with Crippen LogP contribution < -0.4 is 9.80 Å². The highest BCUT2D eigenvalue weighted by Crippen LogP contribution is 2.34. The lowest BCUT2D eigenvalue weighted by atomic mass is 10.1. The quantitative estimate of drug-likeness (QED) is 0.698. The number of aromatic nitrogens is 2. The van der Waals surface area contributed by atoms with Crippen LogP contribution >= 0.6 is 11.3 Å². The van der Waals surface area contributed by atoms with Gasteiger partial charge in [-0.15, -0.1) is 10.2 Å². The molecule has 0 radical (unpaired) electrons. The van der Waals surface area contributed by atoms with E-state index in [9.17, 15) is 14.4 Å². The first kappa shape index (κ1) is 20.0. The second kappa shape index (κ2) is 8.29. The van der Waals surface area contributed by atoms with Gasteiger partial charge in [-0.3, -0.25) is 19.3 Å². The summed E-state index contributed by atoms with van der Waals surface area (Å²) >= 11 is 1.38. The van der Waals surface area contributed by atoms with E-state index in [0.29, 0.717) is 55.2 Å². The molecule has 31 heavy (non-hydrogen) atoms. The topological polar surface area (TPSA) is 103 Å². The van der Waals surface area contributed by atoms with Gasteiger partial charge in [-0.2, -0.15) is 0 Å². The summed E-state index contributed by atoms with van der Waals surface area (Å²) in [6, 6.07) is 3.07. The Labute approximate surface area is 183 Å². The van der Waals surface area contributed by atoms with Crippen molar-refractivity contribution in [2.75, 3.05) is 49.1 Å². The number of carbonyl (C=O) groups is 3. The van der Waals surface area contributed by atoms with Crippen molar-refractivity contribution in [2.24, 2.45) is 0 Å². The zero-order valence-electron chi connectivity index (χ0n) is 17.1. The monoisotopic (exact) mass is 444 g/mol. The van der Waals surface area contributed by atoms with Crippen LogP contribution in [-0.2, 0) is 9.59 Å². The Balaban J connectivity index is 1.22. The second-order valence-electron chi connectivity index (χ2n) is 7.96. The largest absolute Gasteiger partial charge is 0.459 e. The molecule has 0 saturated carbocycles. The minimum atomic E-state index is -0.276. The van der Waals surface area contributed by atoms with E-state index in [4.69, 9.17) is 4.42 Å². The molecule has 0 aliphatic carbocycles. The molecule has 3 fully saturated rings. The summed E-state index contributed by atoms with van der Waals surface area (Å²) in [5.74, 6) is 0.332. The molecule has 10 nitrogen and oxygen atoms in total. The molecule has 5 heterocycles. The van der Waals surface area contributed by atoms with Gasteiger partial charge in [0.1, 0.15) is 6.04 Å². The summed E-state index contributed by atoms with van der Waals surface area (Å²) in [5, 5.41) is 9.80. The highest BCUT2D eigenvalue weighted by Gasteiger charge is 2.38. The molecule has 0 aromatic carbocycles. The molecule has 2 aromatic heterocycles. The molecule has 3 aliphatic heterocycles. The van der Waals surface area contributed by atoms with E-state index in [1.54, 1.807) is 21.9 Å². The van der Waals surface area contributed by atoms with Crippen molar-refractivity contribution >= 4 is 39.3 Å². The third-order valence-corrected chi connectivity index (χ3v) is 7.09. The van der Waals surface area contributed by atoms with Crippen LogP contribution in [0.3, 0.4) is 0 Å². The van der Waals surface area contributed by atoms with E-state index in [1.165, 1.54) is 17.6 Å². The maximum absolute atomic E-state index is 13.3. The molecule has 1 unspecified atom stereocenters. The maximum Gasteiger partial charge on any atom is 0.289 e. The first-order valence-corrected chi connectivity index (χ1v) is 11.5. The van der Waals surface area contributed by atoms with Crippen LogP contribution in [0.25, 0.3) is 0 Å². The molecule has 0 spiro atoms. The van der Waals surface area contributed by atoms with Crippen LogP contribution in [0.1, 0.15) is 36.2 Å². The first-order valence-electron chi connectivity index (χ1n) is 10.6. The molecule has 164 valence electrons. The number of hydrogen-bond acceptors (Lipinski definition) is 8. The number of piperazine rings is 1. The first-order chi connectivity index (χ1) is 15.1. The molecule has 3 saturated heterocycles. The minimum Gasteiger partial charge on any atom is -0.459 e. The number of rotatable bonds is 4. The second-order valence-corrected chi connectivity index (χ2v) is 8.90. The Hall–Kier alpha value is -2.95. The molecule has 0 bridgehead atoms. The van der Waals surface area contributed by atoms with E-state index < -0.39 is 0 Å². The van der Waals surface area contributed by atoms with Gasteiger partial charge in [0.15, 0.2) is 5.76 Å². The van der Waals surface area contributed by atoms with Gasteiger partial charge in [0.25, 0.3) is 5.91 Å². The van der Waals surface area contributed by atoms with Gasteiger partial charge < -0.3 is 19.1 Å². The molecular weight excluding hydrogens is 420 g/mol. The molecule has 0 N–H and O–H groups in total. The fraction of sp³-hybridized carbons (Fsp3) is 0.550. The van der Waals surface area contributed by atoms with Crippen molar-refractivity contribution in [3.63, 3.8) is 0 Å². The van der Waals surface area contributed by atoms with Crippen molar-refractivity contribution in [3.8, 4) is 0 Å². The van der Waals surface area contributed by atoms with Crippen LogP contribution in [0, 0.1) is 0 Å². The summed E-state index contributed by atoms with van der Waals surface area (Å²) in [4.78, 5) is 45.0. The molecule has 5 rings (SSSR count). The minimum absolute atomic E-state index is 0.0663. The number of nitrogens with zero attached hydrogens (tertiary/aromatic N) is 6. The van der Waals surface area contributed by atoms with Crippen molar-refractivity contribution in [3.05, 3.63) is 24.2 Å². The predicted octanol–water partition coefficient (Wildman–Crippen LogP) is 1.21. The van der Waals surface area contributed by atoms with Gasteiger partial charge in [0.05, 0.1) is 6.26 Å². The third-order valence-electron chi connectivity index (χ3n) is 6.10. The third kappa shape index (κ3) is 3.78. The summed E-state index contributed by atoms with van der Waals surface area (Å²) in [5.41, 5.74) is 0. The molecule has 3 amide bonds. The van der Waals surface area contributed by atoms with E-state index in [-0.39, 0.29) is 23.8 Å². The number of amides is 3. The van der Waals surface area contributed by atoms with Crippen LogP contribution in [0.2, 0.25) is 0 Å². The Morgan fingerprint density at radius 1 is 1.00 bits per heavy atom. The summed E-state index contributed by atoms with van der Waals surface area (Å²) in [6.45, 7) is 3.39. The Kier molecular flexibility index (Phi) is 5.34. The molecule has 2 aromatic rings. The van der Waals surface area contributed by atoms with Gasteiger partial charge in [-0.25, -0.2) is 0 Å². The Bertz CT molecular complexity index is 968. The molecular formula is C20H24N6O4S. The van der Waals surface area contributed by atoms with Crippen molar-refractivity contribution in [1.29, 1.82) is 0 Å². The lowest BCUT2D eigenvalue weighted by Crippen LogP contribution is -2.54. The SMILES string of the molecule is O=C(c1ccco1)N1CCN(C(=O)C2CCCN2c2nnc(N3CCCC3=O)s2)CC1. The lowest BCUT2D eigenvalue weighted by Gasteiger charge is -2.37. The number of hydrogen-bond donors (Lipinski definition) is 0. The van der Waals surface area contributed by atoms with E-state index in [2.05, 4.69) is 10.2 Å². The fourth-order valence-corrected chi connectivity index (χ4v) is 5.40. The predicted molar refractivity (Wildman–Crippen MR) is 113 cm³/mol. The van der Waals surface area contributed by atoms with Crippen molar-refractivity contribution < 1.29 is 18.8 Å². The van der Waals surface area contributed by atoms with Gasteiger partial charge in [0.2, 0.25) is 22.1 Å². The van der Waals surface area contributed by atoms with Crippen LogP contribution in [0.15, 0.2) is 22.8 Å². The zero-order valence-corrected chi connectivity index (χ0v) is 17.9. The zero-order chi connectivity index (χ0) is 21.4.